The van der Waals surface area contributed by atoms with Crippen molar-refractivity contribution in [1.82, 2.24) is 4.90 Å². The highest BCUT2D eigenvalue weighted by Gasteiger charge is 2.60. The number of hydrogen-bond donors (Lipinski definition) is 0. The lowest BCUT2D eigenvalue weighted by atomic mass is 9.51. The molecule has 0 aromatic rings. The van der Waals surface area contributed by atoms with Crippen LogP contribution >= 0.6 is 11.8 Å². The summed E-state index contributed by atoms with van der Waals surface area (Å²) in [5, 5.41) is 1.86. The van der Waals surface area contributed by atoms with Gasteiger partial charge in [0.05, 0.1) is 12.2 Å². The summed E-state index contributed by atoms with van der Waals surface area (Å²) in [7, 11) is 0. The van der Waals surface area contributed by atoms with Gasteiger partial charge in [-0.2, -0.15) is 11.8 Å². The summed E-state index contributed by atoms with van der Waals surface area (Å²) in [5.41, 5.74) is 0. The van der Waals surface area contributed by atoms with Gasteiger partial charge in [0.2, 0.25) is 0 Å². The van der Waals surface area contributed by atoms with Crippen LogP contribution in [0.2, 0.25) is 0 Å². The Kier molecular flexibility index (Phi) is 10.8. The first kappa shape index (κ1) is 36.4. The third-order valence-electron chi connectivity index (χ3n) is 20.5. The molecule has 0 N–H and O–H groups in total. The summed E-state index contributed by atoms with van der Waals surface area (Å²) >= 11 is 2.62. The third kappa shape index (κ3) is 6.71. The van der Waals surface area contributed by atoms with E-state index in [2.05, 4.69) is 16.7 Å². The fraction of sp³-hybridized carbons (Fsp3) is 1.00. The van der Waals surface area contributed by atoms with Gasteiger partial charge in [-0.1, -0.05) is 83.5 Å². The minimum Gasteiger partial charge on any atom is -0.374 e. The van der Waals surface area contributed by atoms with Crippen molar-refractivity contribution in [2.24, 2.45) is 71.0 Å². The van der Waals surface area contributed by atoms with Crippen LogP contribution in [-0.2, 0) is 4.74 Å². The van der Waals surface area contributed by atoms with E-state index < -0.39 is 0 Å². The molecule has 0 amide bonds. The Morgan fingerprint density at radius 3 is 1.68 bits per heavy atom. The van der Waals surface area contributed by atoms with Gasteiger partial charge in [-0.05, 0) is 181 Å². The number of ether oxygens (including phenoxy) is 1. The number of nitrogens with zero attached hydrogens (tertiary/aromatic N) is 1. The zero-order chi connectivity index (χ0) is 34.9. The summed E-state index contributed by atoms with van der Waals surface area (Å²) in [4.78, 5) is 3.45. The smallest absolute Gasteiger partial charge is 0.0621 e. The fourth-order valence-electron chi connectivity index (χ4n) is 18.4. The van der Waals surface area contributed by atoms with E-state index in [9.17, 15) is 0 Å². The van der Waals surface area contributed by atoms with Crippen molar-refractivity contribution in [2.75, 3.05) is 0 Å². The average molecular weight is 744 g/mol. The molecule has 11 aliphatic rings. The van der Waals surface area contributed by atoms with Crippen molar-refractivity contribution in [3.05, 3.63) is 0 Å². The average Bonchev–Trinajstić information content (AvgIpc) is 3.81. The van der Waals surface area contributed by atoms with Gasteiger partial charge in [-0.15, -0.1) is 0 Å². The summed E-state index contributed by atoms with van der Waals surface area (Å²) in [6.45, 7) is 0. The molecule has 2 aliphatic heterocycles. The van der Waals surface area contributed by atoms with Gasteiger partial charge in [0.25, 0.3) is 0 Å². The molecule has 9 saturated carbocycles. The number of hydrogen-bond acceptors (Lipinski definition) is 3. The Morgan fingerprint density at radius 2 is 0.906 bits per heavy atom. The van der Waals surface area contributed by atoms with Crippen LogP contribution in [0.25, 0.3) is 0 Å². The van der Waals surface area contributed by atoms with Crippen LogP contribution in [0.4, 0.5) is 0 Å². The molecule has 2 saturated heterocycles. The molecule has 0 spiro atoms. The lowest BCUT2D eigenvalue weighted by molar-refractivity contribution is -0.0543. The van der Waals surface area contributed by atoms with Crippen LogP contribution < -0.4 is 0 Å². The van der Waals surface area contributed by atoms with Crippen molar-refractivity contribution < 1.29 is 4.74 Å². The zero-order valence-electron chi connectivity index (χ0n) is 34.2. The maximum absolute atomic E-state index is 6.95. The van der Waals surface area contributed by atoms with Gasteiger partial charge < -0.3 is 4.74 Å². The maximum Gasteiger partial charge on any atom is 0.0621 e. The van der Waals surface area contributed by atoms with Gasteiger partial charge in [-0.3, -0.25) is 4.90 Å². The molecule has 11 rings (SSSR count). The summed E-state index contributed by atoms with van der Waals surface area (Å²) in [5.74, 6) is 12.6. The normalized spacial score (nSPS) is 53.2. The second kappa shape index (κ2) is 15.8. The van der Waals surface area contributed by atoms with E-state index in [1.54, 1.807) is 128 Å². The quantitative estimate of drug-likeness (QED) is 0.278. The Balaban J connectivity index is 0.830. The molecular formula is C50H81NOS. The van der Waals surface area contributed by atoms with Gasteiger partial charge >= 0.3 is 0 Å². The highest BCUT2D eigenvalue weighted by Crippen LogP contribution is 2.63. The Morgan fingerprint density at radius 1 is 0.340 bits per heavy atom. The summed E-state index contributed by atoms with van der Waals surface area (Å²) in [6.07, 6.45) is 49.0. The molecule has 53 heavy (non-hydrogen) atoms. The SMILES string of the molecule is C1CCC(C2CCC(N(C3CCC(C4CC5CCCCC5C5CCCCC45)CC3)C3CCCC4C5CCC6OC7CCCCC7C6C5SC43)CC2)CC1. The van der Waals surface area contributed by atoms with Gasteiger partial charge in [-0.25, -0.2) is 0 Å². The molecule has 0 aromatic carbocycles. The van der Waals surface area contributed by atoms with Crippen molar-refractivity contribution in [2.45, 2.75) is 240 Å². The number of thioether (sulfide) groups is 1. The largest absolute Gasteiger partial charge is 0.374 e. The maximum atomic E-state index is 6.95. The van der Waals surface area contributed by atoms with E-state index >= 15 is 0 Å². The summed E-state index contributed by atoms with van der Waals surface area (Å²) in [6, 6.07) is 2.67. The van der Waals surface area contributed by atoms with E-state index in [0.29, 0.717) is 12.2 Å². The standard InChI is InChI=1S/C50H81NOS/c1-2-11-32(12-3-1)33-21-25-36(26-22-33)51(37-27-23-34(24-28-37)44-31-35-13-4-5-14-38(35)39-15-6-7-16-40(39)44)45-19-10-18-41-42-29-30-47-48(50(42)53-49(41)45)43-17-8-9-20-46(43)52-47/h32-50H,1-31H2. The van der Waals surface area contributed by atoms with E-state index in [1.807, 2.05) is 0 Å². The predicted molar refractivity (Wildman–Crippen MR) is 222 cm³/mol. The molecule has 14 atom stereocenters. The van der Waals surface area contributed by atoms with Crippen LogP contribution in [0, 0.1) is 71.0 Å². The fourth-order valence-corrected chi connectivity index (χ4v) is 20.8. The van der Waals surface area contributed by atoms with Crippen molar-refractivity contribution >= 4 is 11.8 Å². The Bertz CT molecular complexity index is 1220. The second-order valence-electron chi connectivity index (χ2n) is 22.4. The molecular weight excluding hydrogens is 663 g/mol. The molecule has 0 radical (unpaired) electrons. The van der Waals surface area contributed by atoms with Crippen LogP contribution in [0.15, 0.2) is 0 Å². The first-order valence-electron chi connectivity index (χ1n) is 25.4. The highest BCUT2D eigenvalue weighted by atomic mass is 32.2. The number of rotatable bonds is 5. The molecule has 3 heteroatoms. The summed E-state index contributed by atoms with van der Waals surface area (Å²) < 4.78 is 6.95. The van der Waals surface area contributed by atoms with Crippen LogP contribution in [0.3, 0.4) is 0 Å². The van der Waals surface area contributed by atoms with Crippen LogP contribution in [-0.4, -0.2) is 45.7 Å². The first-order chi connectivity index (χ1) is 26.3. The van der Waals surface area contributed by atoms with Gasteiger partial charge in [0.15, 0.2) is 0 Å². The number of fused-ring (bicyclic) bond motifs is 10. The van der Waals surface area contributed by atoms with Crippen LogP contribution in [0.1, 0.15) is 199 Å². The lowest BCUT2D eigenvalue weighted by Gasteiger charge is -2.55. The molecule has 11 fully saturated rings. The minimum absolute atomic E-state index is 0.615. The van der Waals surface area contributed by atoms with Crippen molar-refractivity contribution in [3.63, 3.8) is 0 Å². The molecule has 14 unspecified atom stereocenters. The third-order valence-corrected chi connectivity index (χ3v) is 22.4. The highest BCUT2D eigenvalue weighted by molar-refractivity contribution is 8.00. The van der Waals surface area contributed by atoms with Crippen LogP contribution in [0.5, 0.6) is 0 Å². The topological polar surface area (TPSA) is 12.5 Å². The monoisotopic (exact) mass is 744 g/mol. The van der Waals surface area contributed by atoms with Crippen molar-refractivity contribution in [1.29, 1.82) is 0 Å². The molecule has 0 aromatic heterocycles. The van der Waals surface area contributed by atoms with Gasteiger partial charge in [0.1, 0.15) is 0 Å². The van der Waals surface area contributed by atoms with Crippen molar-refractivity contribution in [3.8, 4) is 0 Å². The Labute approximate surface area is 331 Å². The first-order valence-corrected chi connectivity index (χ1v) is 26.3. The van der Waals surface area contributed by atoms with E-state index in [4.69, 9.17) is 4.74 Å². The van der Waals surface area contributed by atoms with E-state index in [0.717, 1.165) is 99.6 Å². The Hall–Kier alpha value is 0.270. The molecule has 0 bridgehead atoms. The van der Waals surface area contributed by atoms with E-state index in [1.165, 1.54) is 70.6 Å². The molecule has 2 heterocycles. The zero-order valence-corrected chi connectivity index (χ0v) is 35.0. The van der Waals surface area contributed by atoms with E-state index in [-0.39, 0.29) is 0 Å². The van der Waals surface area contributed by atoms with Gasteiger partial charge in [0, 0.05) is 34.5 Å². The molecule has 298 valence electrons. The second-order valence-corrected chi connectivity index (χ2v) is 23.8. The minimum atomic E-state index is 0.615. The molecule has 2 nitrogen and oxygen atoms in total. The lowest BCUT2D eigenvalue weighted by Crippen LogP contribution is -2.57. The molecule has 9 aliphatic carbocycles. The predicted octanol–water partition coefficient (Wildman–Crippen LogP) is 13.3.